The van der Waals surface area contributed by atoms with Crippen LogP contribution in [0.4, 0.5) is 9.59 Å². The van der Waals surface area contributed by atoms with Gasteiger partial charge in [0.1, 0.15) is 17.2 Å². The topological polar surface area (TPSA) is 94.2 Å². The fourth-order valence-corrected chi connectivity index (χ4v) is 1.63. The van der Waals surface area contributed by atoms with E-state index >= 15 is 0 Å². The van der Waals surface area contributed by atoms with E-state index < -0.39 is 35.4 Å². The van der Waals surface area contributed by atoms with Crippen LogP contribution in [0.5, 0.6) is 0 Å². The van der Waals surface area contributed by atoms with E-state index in [2.05, 4.69) is 5.32 Å². The van der Waals surface area contributed by atoms with Crippen molar-refractivity contribution in [1.82, 2.24) is 10.2 Å². The first-order valence-electron chi connectivity index (χ1n) is 8.25. The van der Waals surface area contributed by atoms with Gasteiger partial charge < -0.3 is 24.4 Å². The third-order valence-corrected chi connectivity index (χ3v) is 2.49. The average Bonchev–Trinajstić information content (AvgIpc) is 2.32. The van der Waals surface area contributed by atoms with Gasteiger partial charge in [-0.05, 0) is 55.4 Å². The third kappa shape index (κ3) is 11.2. The number of alkyl carbamates (subject to hydrolysis) is 1. The highest BCUT2D eigenvalue weighted by molar-refractivity contribution is 5.82. The van der Waals surface area contributed by atoms with Crippen LogP contribution in [0.2, 0.25) is 0 Å². The summed E-state index contributed by atoms with van der Waals surface area (Å²) >= 11 is 0. The summed E-state index contributed by atoms with van der Waals surface area (Å²) in [6, 6.07) is -1.07. The van der Waals surface area contributed by atoms with Crippen molar-refractivity contribution >= 4 is 18.2 Å². The summed E-state index contributed by atoms with van der Waals surface area (Å²) in [7, 11) is 1.47. The summed E-state index contributed by atoms with van der Waals surface area (Å²) in [6.07, 6.45) is -1.74. The number of rotatable bonds is 5. The van der Waals surface area contributed by atoms with Crippen molar-refractivity contribution in [3.8, 4) is 0 Å². The second-order valence-electron chi connectivity index (χ2n) is 8.05. The molecule has 0 saturated carbocycles. The minimum absolute atomic E-state index is 0.111. The first kappa shape index (κ1) is 23.0. The molecule has 0 rings (SSSR count). The standard InChI is InChI=1S/C17H32N2O6/c1-11(2)23-13(20)12(18-14(21)24-16(3,4)5)10-19(9)15(22)25-17(6,7)8/h11-12H,10H2,1-9H3,(H,18,21)/t12-/m0/s1. The molecule has 146 valence electrons. The Morgan fingerprint density at radius 2 is 1.44 bits per heavy atom. The van der Waals surface area contributed by atoms with Gasteiger partial charge in [0.15, 0.2) is 0 Å². The van der Waals surface area contributed by atoms with Crippen LogP contribution >= 0.6 is 0 Å². The molecule has 8 nitrogen and oxygen atoms in total. The Morgan fingerprint density at radius 1 is 0.960 bits per heavy atom. The molecular weight excluding hydrogens is 328 g/mol. The maximum absolute atomic E-state index is 12.2. The number of likely N-dealkylation sites (N-methyl/N-ethyl adjacent to an activating group) is 1. The van der Waals surface area contributed by atoms with Gasteiger partial charge in [0.05, 0.1) is 12.6 Å². The number of nitrogens with zero attached hydrogens (tertiary/aromatic N) is 1. The van der Waals surface area contributed by atoms with Gasteiger partial charge in [0.2, 0.25) is 0 Å². The van der Waals surface area contributed by atoms with Crippen molar-refractivity contribution in [3.63, 3.8) is 0 Å². The highest BCUT2D eigenvalue weighted by Crippen LogP contribution is 2.11. The van der Waals surface area contributed by atoms with E-state index in [1.54, 1.807) is 55.4 Å². The van der Waals surface area contributed by atoms with Crippen molar-refractivity contribution in [3.05, 3.63) is 0 Å². The van der Waals surface area contributed by atoms with E-state index in [1.165, 1.54) is 11.9 Å². The molecule has 0 aliphatic carbocycles. The van der Waals surface area contributed by atoms with Crippen LogP contribution in [-0.2, 0) is 19.0 Å². The molecule has 0 aliphatic heterocycles. The lowest BCUT2D eigenvalue weighted by molar-refractivity contribution is -0.150. The number of nitrogens with one attached hydrogen (secondary N) is 1. The van der Waals surface area contributed by atoms with Crippen molar-refractivity contribution in [2.24, 2.45) is 0 Å². The van der Waals surface area contributed by atoms with E-state index in [9.17, 15) is 14.4 Å². The lowest BCUT2D eigenvalue weighted by Gasteiger charge is -2.28. The molecule has 0 aromatic heterocycles. The van der Waals surface area contributed by atoms with E-state index in [1.807, 2.05) is 0 Å². The number of hydrogen-bond donors (Lipinski definition) is 1. The zero-order valence-electron chi connectivity index (χ0n) is 16.8. The summed E-state index contributed by atoms with van der Waals surface area (Å²) < 4.78 is 15.5. The van der Waals surface area contributed by atoms with Gasteiger partial charge in [-0.3, -0.25) is 0 Å². The number of ether oxygens (including phenoxy) is 3. The second-order valence-corrected chi connectivity index (χ2v) is 8.05. The highest BCUT2D eigenvalue weighted by atomic mass is 16.6. The molecule has 0 radical (unpaired) electrons. The molecule has 1 N–H and O–H groups in total. The monoisotopic (exact) mass is 360 g/mol. The summed E-state index contributed by atoms with van der Waals surface area (Å²) in [5.74, 6) is -0.656. The molecule has 0 bridgehead atoms. The third-order valence-electron chi connectivity index (χ3n) is 2.49. The molecule has 0 saturated heterocycles. The van der Waals surface area contributed by atoms with Crippen molar-refractivity contribution in [1.29, 1.82) is 0 Å². The Kier molecular flexibility index (Phi) is 8.21. The molecule has 0 heterocycles. The first-order chi connectivity index (χ1) is 11.1. The molecule has 0 aromatic carbocycles. The lowest BCUT2D eigenvalue weighted by atomic mass is 10.2. The lowest BCUT2D eigenvalue weighted by Crippen LogP contribution is -2.51. The Bertz CT molecular complexity index is 477. The summed E-state index contributed by atoms with van der Waals surface area (Å²) in [5, 5.41) is 2.44. The van der Waals surface area contributed by atoms with Crippen LogP contribution in [0.25, 0.3) is 0 Å². The molecule has 8 heteroatoms. The number of hydrogen-bond acceptors (Lipinski definition) is 6. The van der Waals surface area contributed by atoms with Gasteiger partial charge >= 0.3 is 18.2 Å². The smallest absolute Gasteiger partial charge is 0.410 e. The number of esters is 1. The fraction of sp³-hybridized carbons (Fsp3) is 0.824. The predicted octanol–water partition coefficient (Wildman–Crippen LogP) is 2.70. The van der Waals surface area contributed by atoms with Crippen LogP contribution in [-0.4, -0.2) is 60.0 Å². The Balaban J connectivity index is 5.04. The summed E-state index contributed by atoms with van der Waals surface area (Å²) in [4.78, 5) is 37.5. The van der Waals surface area contributed by atoms with Crippen LogP contribution in [0.1, 0.15) is 55.4 Å². The SMILES string of the molecule is CC(C)OC(=O)[C@H](CN(C)C(=O)OC(C)(C)C)NC(=O)OC(C)(C)C. The van der Waals surface area contributed by atoms with Crippen LogP contribution in [0.3, 0.4) is 0 Å². The fourth-order valence-electron chi connectivity index (χ4n) is 1.63. The first-order valence-corrected chi connectivity index (χ1v) is 8.25. The highest BCUT2D eigenvalue weighted by Gasteiger charge is 2.30. The minimum Gasteiger partial charge on any atom is -0.461 e. The van der Waals surface area contributed by atoms with E-state index in [0.29, 0.717) is 0 Å². The molecule has 0 unspecified atom stereocenters. The maximum atomic E-state index is 12.2. The normalized spacial score (nSPS) is 13.0. The van der Waals surface area contributed by atoms with E-state index in [-0.39, 0.29) is 12.6 Å². The van der Waals surface area contributed by atoms with Crippen LogP contribution < -0.4 is 5.32 Å². The average molecular weight is 360 g/mol. The molecule has 25 heavy (non-hydrogen) atoms. The van der Waals surface area contributed by atoms with Crippen molar-refractivity contribution in [2.45, 2.75) is 78.7 Å². The molecule has 0 aliphatic rings. The molecule has 0 fully saturated rings. The summed E-state index contributed by atoms with van der Waals surface area (Å²) in [6.45, 7) is 13.6. The van der Waals surface area contributed by atoms with E-state index in [4.69, 9.17) is 14.2 Å². The van der Waals surface area contributed by atoms with Gasteiger partial charge in [0.25, 0.3) is 0 Å². The van der Waals surface area contributed by atoms with Crippen LogP contribution in [0, 0.1) is 0 Å². The number of amides is 2. The zero-order valence-corrected chi connectivity index (χ0v) is 16.8. The van der Waals surface area contributed by atoms with Gasteiger partial charge in [-0.2, -0.15) is 0 Å². The molecular formula is C17H32N2O6. The van der Waals surface area contributed by atoms with Crippen molar-refractivity contribution < 1.29 is 28.6 Å². The zero-order chi connectivity index (χ0) is 20.0. The summed E-state index contributed by atoms with van der Waals surface area (Å²) in [5.41, 5.74) is -1.38. The number of carbonyl (C=O) groups is 3. The quantitative estimate of drug-likeness (QED) is 0.598. The van der Waals surface area contributed by atoms with E-state index in [0.717, 1.165) is 0 Å². The molecule has 0 spiro atoms. The van der Waals surface area contributed by atoms with Gasteiger partial charge in [0, 0.05) is 7.05 Å². The van der Waals surface area contributed by atoms with Gasteiger partial charge in [-0.15, -0.1) is 0 Å². The van der Waals surface area contributed by atoms with Gasteiger partial charge in [-0.1, -0.05) is 0 Å². The van der Waals surface area contributed by atoms with Gasteiger partial charge in [-0.25, -0.2) is 14.4 Å². The minimum atomic E-state index is -1.07. The molecule has 2 amide bonds. The Morgan fingerprint density at radius 3 is 1.84 bits per heavy atom. The Labute approximate surface area is 150 Å². The Hall–Kier alpha value is -1.99. The molecule has 1 atom stereocenters. The van der Waals surface area contributed by atoms with Crippen molar-refractivity contribution in [2.75, 3.05) is 13.6 Å². The largest absolute Gasteiger partial charge is 0.461 e. The molecule has 0 aromatic rings. The second kappa shape index (κ2) is 8.92. The predicted molar refractivity (Wildman–Crippen MR) is 93.2 cm³/mol. The van der Waals surface area contributed by atoms with Crippen LogP contribution in [0.15, 0.2) is 0 Å². The maximum Gasteiger partial charge on any atom is 0.410 e. The number of carbonyl (C=O) groups excluding carboxylic acids is 3.